The Morgan fingerprint density at radius 2 is 1.81 bits per heavy atom. The van der Waals surface area contributed by atoms with Gasteiger partial charge in [-0.15, -0.1) is 10.2 Å². The molecule has 0 saturated heterocycles. The Bertz CT molecular complexity index is 339. The monoisotopic (exact) mass is 241 g/mol. The minimum atomic E-state index is 0.494. The topological polar surface area (TPSA) is 37.8 Å². The molecule has 0 aliphatic heterocycles. The zero-order valence-electron chi connectivity index (χ0n) is 10.3. The molecule has 1 aromatic rings. The molecule has 1 rings (SSSR count). The predicted octanol–water partition coefficient (Wildman–Crippen LogP) is 3.74. The normalized spacial score (nSPS) is 10.5. The van der Waals surface area contributed by atoms with Crippen molar-refractivity contribution >= 4 is 17.4 Å². The molecule has 90 valence electrons. The van der Waals surface area contributed by atoms with Crippen LogP contribution in [0.15, 0.2) is 0 Å². The van der Waals surface area contributed by atoms with Gasteiger partial charge in [0.05, 0.1) is 0 Å². The summed E-state index contributed by atoms with van der Waals surface area (Å²) in [4.78, 5) is 0. The van der Waals surface area contributed by atoms with Gasteiger partial charge in [0.1, 0.15) is 0 Å². The van der Waals surface area contributed by atoms with E-state index in [4.69, 9.17) is 11.6 Å². The molecule has 3 nitrogen and oxygen atoms in total. The van der Waals surface area contributed by atoms with Crippen molar-refractivity contribution in [2.45, 2.75) is 46.5 Å². The van der Waals surface area contributed by atoms with Gasteiger partial charge in [0.15, 0.2) is 11.0 Å². The molecule has 4 heteroatoms. The number of unbranched alkanes of at least 4 members (excludes halogenated alkanes) is 3. The molecule has 16 heavy (non-hydrogen) atoms. The van der Waals surface area contributed by atoms with Gasteiger partial charge in [-0.2, -0.15) is 0 Å². The molecule has 0 amide bonds. The summed E-state index contributed by atoms with van der Waals surface area (Å²) >= 11 is 5.89. The van der Waals surface area contributed by atoms with Crippen LogP contribution < -0.4 is 5.32 Å². The first-order valence-electron chi connectivity index (χ1n) is 5.90. The molecule has 0 fully saturated rings. The van der Waals surface area contributed by atoms with E-state index in [0.29, 0.717) is 5.15 Å². The fourth-order valence-corrected chi connectivity index (χ4v) is 1.68. The van der Waals surface area contributed by atoms with E-state index in [1.807, 2.05) is 13.8 Å². The van der Waals surface area contributed by atoms with Gasteiger partial charge in [-0.25, -0.2) is 0 Å². The highest BCUT2D eigenvalue weighted by Gasteiger charge is 2.06. The van der Waals surface area contributed by atoms with Crippen LogP contribution >= 0.6 is 11.6 Å². The predicted molar refractivity (Wildman–Crippen MR) is 69.1 cm³/mol. The van der Waals surface area contributed by atoms with Crippen LogP contribution in [0.3, 0.4) is 0 Å². The molecule has 0 aromatic carbocycles. The smallest absolute Gasteiger partial charge is 0.155 e. The van der Waals surface area contributed by atoms with Crippen LogP contribution in [0.1, 0.15) is 43.7 Å². The van der Waals surface area contributed by atoms with Crippen LogP contribution in [0.4, 0.5) is 5.82 Å². The van der Waals surface area contributed by atoms with Crippen molar-refractivity contribution in [1.82, 2.24) is 10.2 Å². The third-order valence-electron chi connectivity index (χ3n) is 2.79. The van der Waals surface area contributed by atoms with Crippen LogP contribution in [-0.4, -0.2) is 16.7 Å². The lowest BCUT2D eigenvalue weighted by atomic mass is 10.2. The maximum atomic E-state index is 5.89. The zero-order chi connectivity index (χ0) is 12.0. The minimum Gasteiger partial charge on any atom is -0.368 e. The van der Waals surface area contributed by atoms with E-state index in [1.165, 1.54) is 25.7 Å². The highest BCUT2D eigenvalue weighted by atomic mass is 35.5. The van der Waals surface area contributed by atoms with Crippen LogP contribution in [0.25, 0.3) is 0 Å². The third-order valence-corrected chi connectivity index (χ3v) is 3.15. The van der Waals surface area contributed by atoms with Crippen molar-refractivity contribution < 1.29 is 0 Å². The Labute approximate surface area is 103 Å². The molecule has 1 N–H and O–H groups in total. The summed E-state index contributed by atoms with van der Waals surface area (Å²) in [7, 11) is 0. The second-order valence-electron chi connectivity index (χ2n) is 4.08. The number of aromatic nitrogens is 2. The van der Waals surface area contributed by atoms with E-state index in [2.05, 4.69) is 22.4 Å². The van der Waals surface area contributed by atoms with Gasteiger partial charge in [-0.05, 0) is 31.4 Å². The van der Waals surface area contributed by atoms with Crippen LogP contribution in [0.2, 0.25) is 5.15 Å². The van der Waals surface area contributed by atoms with Crippen molar-refractivity contribution in [2.75, 3.05) is 11.9 Å². The van der Waals surface area contributed by atoms with Gasteiger partial charge in [-0.1, -0.05) is 37.8 Å². The Kier molecular flexibility index (Phi) is 5.53. The first-order valence-corrected chi connectivity index (χ1v) is 6.27. The van der Waals surface area contributed by atoms with Crippen molar-refractivity contribution in [3.05, 3.63) is 16.3 Å². The largest absolute Gasteiger partial charge is 0.368 e. The summed E-state index contributed by atoms with van der Waals surface area (Å²) in [5.41, 5.74) is 2.10. The molecule has 0 aliphatic carbocycles. The number of nitrogens with one attached hydrogen (secondary N) is 1. The molecule has 0 radical (unpaired) electrons. The van der Waals surface area contributed by atoms with Gasteiger partial charge in [0.2, 0.25) is 0 Å². The highest BCUT2D eigenvalue weighted by Crippen LogP contribution is 2.20. The lowest BCUT2D eigenvalue weighted by Crippen LogP contribution is -2.07. The van der Waals surface area contributed by atoms with Crippen molar-refractivity contribution in [1.29, 1.82) is 0 Å². The van der Waals surface area contributed by atoms with E-state index in [-0.39, 0.29) is 0 Å². The summed E-state index contributed by atoms with van der Waals surface area (Å²) in [6.07, 6.45) is 5.00. The number of anilines is 1. The van der Waals surface area contributed by atoms with Gasteiger partial charge < -0.3 is 5.32 Å². The Morgan fingerprint density at radius 3 is 2.50 bits per heavy atom. The first-order chi connectivity index (χ1) is 7.66. The van der Waals surface area contributed by atoms with Gasteiger partial charge in [0, 0.05) is 6.54 Å². The van der Waals surface area contributed by atoms with Crippen LogP contribution in [0.5, 0.6) is 0 Å². The standard InChI is InChI=1S/C12H20ClN3/c1-4-5-6-7-8-14-12-10(3)9(2)11(13)15-16-12/h4-8H2,1-3H3,(H,14,16). The van der Waals surface area contributed by atoms with Gasteiger partial charge >= 0.3 is 0 Å². The van der Waals surface area contributed by atoms with Crippen molar-refractivity contribution in [3.8, 4) is 0 Å². The highest BCUT2D eigenvalue weighted by molar-refractivity contribution is 6.30. The van der Waals surface area contributed by atoms with E-state index < -0.39 is 0 Å². The molecule has 0 aliphatic rings. The molecule has 1 aromatic heterocycles. The average Bonchev–Trinajstić information content (AvgIpc) is 2.28. The van der Waals surface area contributed by atoms with Crippen molar-refractivity contribution in [2.24, 2.45) is 0 Å². The molecular weight excluding hydrogens is 222 g/mol. The summed E-state index contributed by atoms with van der Waals surface area (Å²) in [5, 5.41) is 11.8. The van der Waals surface area contributed by atoms with E-state index in [1.54, 1.807) is 0 Å². The third kappa shape index (κ3) is 3.63. The quantitative estimate of drug-likeness (QED) is 0.771. The molecular formula is C12H20ClN3. The lowest BCUT2D eigenvalue weighted by Gasteiger charge is -2.09. The Balaban J connectivity index is 2.45. The van der Waals surface area contributed by atoms with Crippen LogP contribution in [0, 0.1) is 13.8 Å². The molecule has 0 bridgehead atoms. The molecule has 1 heterocycles. The fraction of sp³-hybridized carbons (Fsp3) is 0.667. The van der Waals surface area contributed by atoms with E-state index in [0.717, 1.165) is 23.5 Å². The second-order valence-corrected chi connectivity index (χ2v) is 4.43. The van der Waals surface area contributed by atoms with Gasteiger partial charge in [0.25, 0.3) is 0 Å². The number of hydrogen-bond donors (Lipinski definition) is 1. The average molecular weight is 242 g/mol. The summed E-state index contributed by atoms with van der Waals surface area (Å²) in [6.45, 7) is 7.15. The molecule has 0 unspecified atom stereocenters. The minimum absolute atomic E-state index is 0.494. The zero-order valence-corrected chi connectivity index (χ0v) is 11.1. The number of halogens is 1. The summed E-state index contributed by atoms with van der Waals surface area (Å²) in [6, 6.07) is 0. The number of rotatable bonds is 6. The lowest BCUT2D eigenvalue weighted by molar-refractivity contribution is 0.683. The fourth-order valence-electron chi connectivity index (χ4n) is 1.50. The summed E-state index contributed by atoms with van der Waals surface area (Å²) < 4.78 is 0. The van der Waals surface area contributed by atoms with Crippen molar-refractivity contribution in [3.63, 3.8) is 0 Å². The first kappa shape index (κ1) is 13.2. The molecule has 0 spiro atoms. The van der Waals surface area contributed by atoms with Gasteiger partial charge in [-0.3, -0.25) is 0 Å². The number of hydrogen-bond acceptors (Lipinski definition) is 3. The summed E-state index contributed by atoms with van der Waals surface area (Å²) in [5.74, 6) is 0.860. The molecule has 0 saturated carbocycles. The van der Waals surface area contributed by atoms with E-state index >= 15 is 0 Å². The SMILES string of the molecule is CCCCCCNc1nnc(Cl)c(C)c1C. The number of nitrogens with zero attached hydrogens (tertiary/aromatic N) is 2. The second kappa shape index (κ2) is 6.69. The maximum Gasteiger partial charge on any atom is 0.155 e. The Morgan fingerprint density at radius 1 is 1.06 bits per heavy atom. The van der Waals surface area contributed by atoms with Crippen LogP contribution in [-0.2, 0) is 0 Å². The maximum absolute atomic E-state index is 5.89. The Hall–Kier alpha value is -0.830. The molecule has 0 atom stereocenters. The van der Waals surface area contributed by atoms with E-state index in [9.17, 15) is 0 Å².